The Labute approximate surface area is 128 Å². The lowest BCUT2D eigenvalue weighted by Gasteiger charge is -2.07. The van der Waals surface area contributed by atoms with Gasteiger partial charge in [0.2, 0.25) is 0 Å². The van der Waals surface area contributed by atoms with Gasteiger partial charge in [-0.2, -0.15) is 0 Å². The molecule has 0 saturated heterocycles. The quantitative estimate of drug-likeness (QED) is 0.389. The number of aromatic nitrogens is 1. The van der Waals surface area contributed by atoms with Crippen molar-refractivity contribution in [3.05, 3.63) is 56.3 Å². The van der Waals surface area contributed by atoms with E-state index in [0.29, 0.717) is 0 Å². The third kappa shape index (κ3) is 3.39. The van der Waals surface area contributed by atoms with Crippen LogP contribution in [-0.2, 0) is 0 Å². The molecule has 2 aromatic rings. The van der Waals surface area contributed by atoms with Crippen LogP contribution in [0.2, 0.25) is 10.2 Å². The van der Waals surface area contributed by atoms with Crippen molar-refractivity contribution < 1.29 is 14.8 Å². The zero-order chi connectivity index (χ0) is 15.6. The number of rotatable bonds is 3. The second-order valence-electron chi connectivity index (χ2n) is 3.90. The maximum absolute atomic E-state index is 12.1. The summed E-state index contributed by atoms with van der Waals surface area (Å²) in [6.07, 6.45) is 0.904. The van der Waals surface area contributed by atoms with Crippen molar-refractivity contribution in [2.24, 2.45) is 0 Å². The summed E-state index contributed by atoms with van der Waals surface area (Å²) in [5, 5.41) is 22.6. The van der Waals surface area contributed by atoms with Crippen molar-refractivity contribution in [3.8, 4) is 5.75 Å². The van der Waals surface area contributed by atoms with Crippen LogP contribution in [-0.4, -0.2) is 20.9 Å². The molecule has 0 radical (unpaired) electrons. The van der Waals surface area contributed by atoms with Crippen LogP contribution < -0.4 is 5.32 Å². The number of anilines is 1. The molecular formula is C12H7Cl2N3O4. The predicted molar refractivity (Wildman–Crippen MR) is 77.0 cm³/mol. The topological polar surface area (TPSA) is 105 Å². The number of phenols is 1. The summed E-state index contributed by atoms with van der Waals surface area (Å²) in [4.78, 5) is 25.8. The predicted octanol–water partition coefficient (Wildman–Crippen LogP) is 3.25. The monoisotopic (exact) mass is 327 g/mol. The maximum atomic E-state index is 12.1. The summed E-state index contributed by atoms with van der Waals surface area (Å²) in [6, 6.07) is 5.08. The van der Waals surface area contributed by atoms with E-state index >= 15 is 0 Å². The van der Waals surface area contributed by atoms with Crippen molar-refractivity contribution in [2.45, 2.75) is 0 Å². The second kappa shape index (κ2) is 5.94. The smallest absolute Gasteiger partial charge is 0.300 e. The molecule has 0 bridgehead atoms. The molecule has 0 aliphatic heterocycles. The average molecular weight is 328 g/mol. The minimum atomic E-state index is -0.743. The van der Waals surface area contributed by atoms with E-state index in [0.717, 1.165) is 12.3 Å². The molecule has 1 aromatic heterocycles. The van der Waals surface area contributed by atoms with Crippen molar-refractivity contribution in [3.63, 3.8) is 0 Å². The lowest BCUT2D eigenvalue weighted by atomic mass is 10.2. The molecule has 9 heteroatoms. The first-order valence-corrected chi connectivity index (χ1v) is 6.24. The first-order valence-electron chi connectivity index (χ1n) is 5.48. The van der Waals surface area contributed by atoms with Crippen molar-refractivity contribution in [1.29, 1.82) is 0 Å². The van der Waals surface area contributed by atoms with Crippen LogP contribution in [0.5, 0.6) is 5.75 Å². The number of hydrogen-bond acceptors (Lipinski definition) is 5. The van der Waals surface area contributed by atoms with Gasteiger partial charge in [-0.25, -0.2) is 4.98 Å². The Hall–Kier alpha value is -2.38. The molecule has 1 heterocycles. The highest BCUT2D eigenvalue weighted by atomic mass is 35.5. The zero-order valence-electron chi connectivity index (χ0n) is 10.2. The molecule has 0 aliphatic carbocycles. The van der Waals surface area contributed by atoms with Crippen LogP contribution in [0, 0.1) is 10.1 Å². The Kier molecular flexibility index (Phi) is 4.25. The Morgan fingerprint density at radius 1 is 1.33 bits per heavy atom. The second-order valence-corrected chi connectivity index (χ2v) is 4.70. The minimum absolute atomic E-state index is 0.0371. The summed E-state index contributed by atoms with van der Waals surface area (Å²) in [6.45, 7) is 0. The molecule has 0 atom stereocenters. The fourth-order valence-electron chi connectivity index (χ4n) is 1.53. The maximum Gasteiger partial charge on any atom is 0.300 e. The molecule has 2 rings (SSSR count). The van der Waals surface area contributed by atoms with Crippen LogP contribution in [0.4, 0.5) is 11.4 Å². The number of halogens is 2. The van der Waals surface area contributed by atoms with E-state index in [9.17, 15) is 20.0 Å². The van der Waals surface area contributed by atoms with Crippen molar-refractivity contribution >= 4 is 40.5 Å². The Bertz CT molecular complexity index is 736. The van der Waals surface area contributed by atoms with E-state index in [1.54, 1.807) is 0 Å². The van der Waals surface area contributed by atoms with Crippen LogP contribution in [0.1, 0.15) is 10.4 Å². The van der Waals surface area contributed by atoms with Gasteiger partial charge in [-0.05, 0) is 24.3 Å². The number of benzene rings is 1. The van der Waals surface area contributed by atoms with Gasteiger partial charge in [0.15, 0.2) is 0 Å². The van der Waals surface area contributed by atoms with Gasteiger partial charge >= 0.3 is 0 Å². The molecule has 0 saturated carbocycles. The first kappa shape index (κ1) is 15.0. The van der Waals surface area contributed by atoms with Gasteiger partial charge in [0.1, 0.15) is 22.7 Å². The summed E-state index contributed by atoms with van der Waals surface area (Å²) >= 11 is 11.4. The van der Waals surface area contributed by atoms with Gasteiger partial charge in [-0.1, -0.05) is 23.2 Å². The van der Waals surface area contributed by atoms with Gasteiger partial charge in [0, 0.05) is 5.69 Å². The molecule has 0 aliphatic rings. The van der Waals surface area contributed by atoms with Crippen molar-refractivity contribution in [2.75, 3.05) is 5.32 Å². The van der Waals surface area contributed by atoms with Gasteiger partial charge < -0.3 is 10.4 Å². The Balaban J connectivity index is 2.34. The lowest BCUT2D eigenvalue weighted by molar-refractivity contribution is -0.385. The number of nitro groups is 1. The molecule has 0 fully saturated rings. The number of amides is 1. The SMILES string of the molecule is O=C(Nc1ccc(O)c(Cl)c1)c1cc(Cl)ncc1[N+](=O)[O-]. The number of hydrogen-bond donors (Lipinski definition) is 2. The molecular weight excluding hydrogens is 321 g/mol. The van der Waals surface area contributed by atoms with E-state index in [1.165, 1.54) is 18.2 Å². The third-order valence-corrected chi connectivity index (χ3v) is 3.01. The molecule has 1 aromatic carbocycles. The fraction of sp³-hybridized carbons (Fsp3) is 0. The highest BCUT2D eigenvalue weighted by Gasteiger charge is 2.21. The van der Waals surface area contributed by atoms with Crippen molar-refractivity contribution in [1.82, 2.24) is 4.98 Å². The molecule has 108 valence electrons. The number of carbonyl (C=O) groups excluding carboxylic acids is 1. The Morgan fingerprint density at radius 3 is 2.67 bits per heavy atom. The van der Waals surface area contributed by atoms with Gasteiger partial charge in [0.25, 0.3) is 11.6 Å². The van der Waals surface area contributed by atoms with Gasteiger partial charge in [0.05, 0.1) is 9.95 Å². The summed E-state index contributed by atoms with van der Waals surface area (Å²) in [5.41, 5.74) is -0.434. The number of nitrogens with zero attached hydrogens (tertiary/aromatic N) is 2. The Morgan fingerprint density at radius 2 is 2.05 bits per heavy atom. The van der Waals surface area contributed by atoms with Crippen LogP contribution in [0.3, 0.4) is 0 Å². The normalized spacial score (nSPS) is 10.2. The zero-order valence-corrected chi connectivity index (χ0v) is 11.7. The van der Waals surface area contributed by atoms with Gasteiger partial charge in [-0.15, -0.1) is 0 Å². The molecule has 0 spiro atoms. The fourth-order valence-corrected chi connectivity index (χ4v) is 1.87. The molecule has 0 unspecified atom stereocenters. The number of carbonyl (C=O) groups is 1. The van der Waals surface area contributed by atoms with Crippen LogP contribution in [0.15, 0.2) is 30.5 Å². The van der Waals surface area contributed by atoms with E-state index in [-0.39, 0.29) is 27.2 Å². The van der Waals surface area contributed by atoms with E-state index in [2.05, 4.69) is 10.3 Å². The standard InChI is InChI=1S/C12H7Cl2N3O4/c13-8-3-6(1-2-10(8)18)16-12(19)7-4-11(14)15-5-9(7)17(20)21/h1-5,18H,(H,16,19). The number of nitrogens with one attached hydrogen (secondary N) is 1. The first-order chi connectivity index (χ1) is 9.88. The number of aromatic hydroxyl groups is 1. The summed E-state index contributed by atoms with van der Waals surface area (Å²) in [5.74, 6) is -0.889. The molecule has 7 nitrogen and oxygen atoms in total. The molecule has 1 amide bonds. The third-order valence-electron chi connectivity index (χ3n) is 2.50. The highest BCUT2D eigenvalue weighted by Crippen LogP contribution is 2.27. The van der Waals surface area contributed by atoms with Gasteiger partial charge in [-0.3, -0.25) is 14.9 Å². The van der Waals surface area contributed by atoms with E-state index in [4.69, 9.17) is 23.2 Å². The summed E-state index contributed by atoms with van der Waals surface area (Å²) < 4.78 is 0. The van der Waals surface area contributed by atoms with E-state index < -0.39 is 16.5 Å². The summed E-state index contributed by atoms with van der Waals surface area (Å²) in [7, 11) is 0. The van der Waals surface area contributed by atoms with Crippen LogP contribution in [0.25, 0.3) is 0 Å². The minimum Gasteiger partial charge on any atom is -0.506 e. The largest absolute Gasteiger partial charge is 0.506 e. The lowest BCUT2D eigenvalue weighted by Crippen LogP contribution is -2.14. The number of phenolic OH excluding ortho intramolecular Hbond substituents is 1. The highest BCUT2D eigenvalue weighted by molar-refractivity contribution is 6.32. The number of pyridine rings is 1. The average Bonchev–Trinajstić information content (AvgIpc) is 2.42. The van der Waals surface area contributed by atoms with E-state index in [1.807, 2.05) is 0 Å². The molecule has 2 N–H and O–H groups in total. The van der Waals surface area contributed by atoms with Crippen LogP contribution >= 0.6 is 23.2 Å². The molecule has 21 heavy (non-hydrogen) atoms.